The summed E-state index contributed by atoms with van der Waals surface area (Å²) < 4.78 is 0. The van der Waals surface area contributed by atoms with Crippen molar-refractivity contribution in [3.05, 3.63) is 0 Å². The van der Waals surface area contributed by atoms with E-state index in [2.05, 4.69) is 34.1 Å². The molecule has 3 aliphatic rings. The van der Waals surface area contributed by atoms with Crippen molar-refractivity contribution >= 4 is 0 Å². The van der Waals surface area contributed by atoms with E-state index in [1.54, 1.807) is 0 Å². The lowest BCUT2D eigenvalue weighted by atomic mass is 9.87. The van der Waals surface area contributed by atoms with Crippen LogP contribution in [0.2, 0.25) is 0 Å². The van der Waals surface area contributed by atoms with Gasteiger partial charge in [-0.2, -0.15) is 0 Å². The second kappa shape index (κ2) is 9.65. The molecular formula is C20H40N4O. The molecule has 25 heavy (non-hydrogen) atoms. The molecule has 3 aliphatic heterocycles. The number of piperidine rings is 3. The van der Waals surface area contributed by atoms with Crippen molar-refractivity contribution in [3.8, 4) is 0 Å². The van der Waals surface area contributed by atoms with Gasteiger partial charge >= 0.3 is 0 Å². The van der Waals surface area contributed by atoms with Crippen molar-refractivity contribution in [1.29, 1.82) is 0 Å². The average Bonchev–Trinajstić information content (AvgIpc) is 2.64. The molecular weight excluding hydrogens is 312 g/mol. The highest BCUT2D eigenvalue weighted by atomic mass is 16.3. The van der Waals surface area contributed by atoms with E-state index < -0.39 is 0 Å². The molecule has 5 nitrogen and oxygen atoms in total. The van der Waals surface area contributed by atoms with E-state index in [-0.39, 0.29) is 0 Å². The van der Waals surface area contributed by atoms with Crippen molar-refractivity contribution < 1.29 is 5.11 Å². The standard InChI is InChI=1S/C20H40N4O/c1-22-12-7-18(8-13-22)23(2)20-15-21-10-6-17(20)16-24-11-4-3-5-19(24)9-14-25/h17-21,25H,3-16H2,1-2H3. The lowest BCUT2D eigenvalue weighted by Gasteiger charge is -2.47. The van der Waals surface area contributed by atoms with Crippen LogP contribution < -0.4 is 5.32 Å². The Morgan fingerprint density at radius 3 is 2.64 bits per heavy atom. The topological polar surface area (TPSA) is 42.0 Å². The van der Waals surface area contributed by atoms with E-state index in [0.717, 1.165) is 24.9 Å². The number of nitrogens with zero attached hydrogens (tertiary/aromatic N) is 3. The molecule has 146 valence electrons. The van der Waals surface area contributed by atoms with Crippen LogP contribution in [0.15, 0.2) is 0 Å². The van der Waals surface area contributed by atoms with Gasteiger partial charge in [0.25, 0.3) is 0 Å². The van der Waals surface area contributed by atoms with Gasteiger partial charge in [-0.15, -0.1) is 0 Å². The van der Waals surface area contributed by atoms with E-state index in [1.165, 1.54) is 71.2 Å². The number of rotatable bonds is 6. The first-order valence-corrected chi connectivity index (χ1v) is 10.6. The van der Waals surface area contributed by atoms with Crippen molar-refractivity contribution in [2.75, 3.05) is 60.0 Å². The molecule has 5 heteroatoms. The largest absolute Gasteiger partial charge is 0.396 e. The Labute approximate surface area is 154 Å². The Hall–Kier alpha value is -0.200. The number of hydrogen-bond donors (Lipinski definition) is 2. The highest BCUT2D eigenvalue weighted by Gasteiger charge is 2.35. The maximum absolute atomic E-state index is 9.43. The van der Waals surface area contributed by atoms with Gasteiger partial charge in [0.1, 0.15) is 0 Å². The molecule has 0 aromatic rings. The first kappa shape index (κ1) is 19.6. The Bertz CT molecular complexity index is 384. The van der Waals surface area contributed by atoms with E-state index in [0.29, 0.717) is 18.7 Å². The summed E-state index contributed by atoms with van der Waals surface area (Å²) in [6, 6.07) is 2.03. The smallest absolute Gasteiger partial charge is 0.0445 e. The summed E-state index contributed by atoms with van der Waals surface area (Å²) in [5, 5.41) is 13.1. The summed E-state index contributed by atoms with van der Waals surface area (Å²) in [6.07, 6.45) is 8.83. The van der Waals surface area contributed by atoms with Gasteiger partial charge in [0, 0.05) is 37.8 Å². The second-order valence-electron chi connectivity index (χ2n) is 8.68. The van der Waals surface area contributed by atoms with Gasteiger partial charge in [0.2, 0.25) is 0 Å². The molecule has 3 rings (SSSR count). The molecule has 0 aromatic heterocycles. The number of nitrogens with one attached hydrogen (secondary N) is 1. The molecule has 3 saturated heterocycles. The van der Waals surface area contributed by atoms with Crippen molar-refractivity contribution in [1.82, 2.24) is 20.0 Å². The summed E-state index contributed by atoms with van der Waals surface area (Å²) in [5.41, 5.74) is 0. The fraction of sp³-hybridized carbons (Fsp3) is 1.00. The van der Waals surface area contributed by atoms with Crippen LogP contribution in [0.1, 0.15) is 44.9 Å². The van der Waals surface area contributed by atoms with Crippen molar-refractivity contribution in [2.45, 2.75) is 63.1 Å². The number of likely N-dealkylation sites (tertiary alicyclic amines) is 2. The van der Waals surface area contributed by atoms with E-state index in [9.17, 15) is 5.11 Å². The number of likely N-dealkylation sites (N-methyl/N-ethyl adjacent to an activating group) is 1. The first-order valence-electron chi connectivity index (χ1n) is 10.6. The summed E-state index contributed by atoms with van der Waals surface area (Å²) >= 11 is 0. The molecule has 3 atom stereocenters. The van der Waals surface area contributed by atoms with Crippen LogP contribution in [0.5, 0.6) is 0 Å². The van der Waals surface area contributed by atoms with Crippen LogP contribution in [-0.4, -0.2) is 97.9 Å². The molecule has 0 aromatic carbocycles. The molecule has 0 bridgehead atoms. The minimum Gasteiger partial charge on any atom is -0.396 e. The minimum absolute atomic E-state index is 0.340. The fourth-order valence-electron chi connectivity index (χ4n) is 5.34. The van der Waals surface area contributed by atoms with Gasteiger partial charge in [-0.1, -0.05) is 6.42 Å². The lowest BCUT2D eigenvalue weighted by Crippen LogP contribution is -2.57. The highest BCUT2D eigenvalue weighted by Crippen LogP contribution is 2.27. The summed E-state index contributed by atoms with van der Waals surface area (Å²) in [4.78, 5) is 7.90. The van der Waals surface area contributed by atoms with Crippen LogP contribution in [0.25, 0.3) is 0 Å². The maximum atomic E-state index is 9.43. The molecule has 0 spiro atoms. The van der Waals surface area contributed by atoms with Gasteiger partial charge in [-0.05, 0) is 84.7 Å². The Morgan fingerprint density at radius 2 is 1.88 bits per heavy atom. The normalized spacial score (nSPS) is 33.8. The van der Waals surface area contributed by atoms with E-state index >= 15 is 0 Å². The predicted octanol–water partition coefficient (Wildman–Crippen LogP) is 1.23. The molecule has 3 fully saturated rings. The number of aliphatic hydroxyl groups excluding tert-OH is 1. The zero-order valence-electron chi connectivity index (χ0n) is 16.5. The average molecular weight is 353 g/mol. The lowest BCUT2D eigenvalue weighted by molar-refractivity contribution is 0.0308. The van der Waals surface area contributed by atoms with Crippen LogP contribution in [0, 0.1) is 5.92 Å². The van der Waals surface area contributed by atoms with Gasteiger partial charge < -0.3 is 15.3 Å². The number of hydrogen-bond acceptors (Lipinski definition) is 5. The molecule has 0 saturated carbocycles. The van der Waals surface area contributed by atoms with Gasteiger partial charge in [-0.25, -0.2) is 0 Å². The first-order chi connectivity index (χ1) is 12.2. The van der Waals surface area contributed by atoms with Crippen LogP contribution >= 0.6 is 0 Å². The second-order valence-corrected chi connectivity index (χ2v) is 8.68. The molecule has 3 heterocycles. The molecule has 0 radical (unpaired) electrons. The van der Waals surface area contributed by atoms with Gasteiger partial charge in [0.15, 0.2) is 0 Å². The van der Waals surface area contributed by atoms with Crippen molar-refractivity contribution in [3.63, 3.8) is 0 Å². The zero-order chi connectivity index (χ0) is 17.6. The predicted molar refractivity (Wildman–Crippen MR) is 104 cm³/mol. The van der Waals surface area contributed by atoms with Gasteiger partial charge in [-0.3, -0.25) is 9.80 Å². The monoisotopic (exact) mass is 352 g/mol. The molecule has 3 unspecified atom stereocenters. The third kappa shape index (κ3) is 5.16. The fourth-order valence-corrected chi connectivity index (χ4v) is 5.34. The van der Waals surface area contributed by atoms with Crippen molar-refractivity contribution in [2.24, 2.45) is 5.92 Å². The zero-order valence-corrected chi connectivity index (χ0v) is 16.5. The van der Waals surface area contributed by atoms with E-state index in [4.69, 9.17) is 0 Å². The van der Waals surface area contributed by atoms with Crippen LogP contribution in [-0.2, 0) is 0 Å². The highest BCUT2D eigenvalue weighted by molar-refractivity contribution is 4.92. The summed E-state index contributed by atoms with van der Waals surface area (Å²) in [5.74, 6) is 0.769. The maximum Gasteiger partial charge on any atom is 0.0445 e. The van der Waals surface area contributed by atoms with E-state index in [1.807, 2.05) is 0 Å². The molecule has 0 amide bonds. The Kier molecular flexibility index (Phi) is 7.55. The molecule has 2 N–H and O–H groups in total. The Balaban J connectivity index is 1.59. The number of aliphatic hydroxyl groups is 1. The minimum atomic E-state index is 0.340. The summed E-state index contributed by atoms with van der Waals surface area (Å²) in [7, 11) is 4.63. The third-order valence-electron chi connectivity index (χ3n) is 7.06. The van der Waals surface area contributed by atoms with Crippen LogP contribution in [0.3, 0.4) is 0 Å². The Morgan fingerprint density at radius 1 is 1.08 bits per heavy atom. The third-order valence-corrected chi connectivity index (χ3v) is 7.06. The quantitative estimate of drug-likeness (QED) is 0.753. The molecule has 0 aliphatic carbocycles. The van der Waals surface area contributed by atoms with Gasteiger partial charge in [0.05, 0.1) is 0 Å². The summed E-state index contributed by atoms with van der Waals surface area (Å²) in [6.45, 7) is 7.60. The SMILES string of the molecule is CN1CCC(N(C)C2CNCCC2CN2CCCCC2CCO)CC1. The van der Waals surface area contributed by atoms with Crippen LogP contribution in [0.4, 0.5) is 0 Å².